The summed E-state index contributed by atoms with van der Waals surface area (Å²) in [7, 11) is -4.05. The Kier molecular flexibility index (Phi) is 5.48. The van der Waals surface area contributed by atoms with Crippen molar-refractivity contribution in [1.29, 1.82) is 0 Å². The van der Waals surface area contributed by atoms with E-state index in [4.69, 9.17) is 0 Å². The predicted molar refractivity (Wildman–Crippen MR) is 86.6 cm³/mol. The maximum absolute atomic E-state index is 12.6. The van der Waals surface area contributed by atoms with Crippen molar-refractivity contribution in [1.82, 2.24) is 8.96 Å². The molecule has 132 valence electrons. The zero-order valence-corrected chi connectivity index (χ0v) is 14.4. The lowest BCUT2D eigenvalue weighted by Crippen LogP contribution is -2.24. The van der Waals surface area contributed by atoms with Crippen molar-refractivity contribution < 1.29 is 27.5 Å². The Bertz CT molecular complexity index is 912. The van der Waals surface area contributed by atoms with Crippen molar-refractivity contribution in [2.24, 2.45) is 0 Å². The summed E-state index contributed by atoms with van der Waals surface area (Å²) in [5, 5.41) is 0. The number of aromatic nitrogens is 2. The molecule has 0 aliphatic heterocycles. The molecule has 1 heterocycles. The number of ketones is 2. The second-order valence-corrected chi connectivity index (χ2v) is 6.92. The van der Waals surface area contributed by atoms with Gasteiger partial charge in [-0.25, -0.2) is 22.2 Å². The van der Waals surface area contributed by atoms with E-state index in [9.17, 15) is 22.8 Å². The van der Waals surface area contributed by atoms with E-state index in [0.29, 0.717) is 3.97 Å². The average Bonchev–Trinajstić information content (AvgIpc) is 3.06. The van der Waals surface area contributed by atoms with Gasteiger partial charge in [0.2, 0.25) is 11.6 Å². The Morgan fingerprint density at radius 1 is 1.16 bits per heavy atom. The van der Waals surface area contributed by atoms with Gasteiger partial charge >= 0.3 is 5.97 Å². The highest BCUT2D eigenvalue weighted by Gasteiger charge is 2.27. The van der Waals surface area contributed by atoms with E-state index < -0.39 is 39.8 Å². The summed E-state index contributed by atoms with van der Waals surface area (Å²) in [6, 6.07) is 6.05. The molecule has 2 aromatic rings. The molecule has 0 atom stereocenters. The lowest BCUT2D eigenvalue weighted by Gasteiger charge is -2.08. The van der Waals surface area contributed by atoms with Crippen LogP contribution in [0.4, 0.5) is 0 Å². The second kappa shape index (κ2) is 7.39. The van der Waals surface area contributed by atoms with E-state index >= 15 is 0 Å². The van der Waals surface area contributed by atoms with Crippen molar-refractivity contribution in [2.75, 3.05) is 6.61 Å². The van der Waals surface area contributed by atoms with Crippen LogP contribution in [0.5, 0.6) is 0 Å². The van der Waals surface area contributed by atoms with Crippen LogP contribution in [0.2, 0.25) is 0 Å². The maximum Gasteiger partial charge on any atom is 0.375 e. The highest BCUT2D eigenvalue weighted by Crippen LogP contribution is 2.17. The van der Waals surface area contributed by atoms with Crippen molar-refractivity contribution in [3.05, 3.63) is 48.0 Å². The lowest BCUT2D eigenvalue weighted by molar-refractivity contribution is -0.153. The molecule has 0 amide bonds. The number of carbonyl (C=O) groups is 3. The Hall–Kier alpha value is -2.81. The van der Waals surface area contributed by atoms with Gasteiger partial charge in [0, 0.05) is 12.4 Å². The van der Waals surface area contributed by atoms with Gasteiger partial charge in [-0.3, -0.25) is 9.59 Å². The first-order chi connectivity index (χ1) is 11.8. The summed E-state index contributed by atoms with van der Waals surface area (Å²) in [6.07, 6.45) is 1.42. The number of rotatable bonds is 7. The van der Waals surface area contributed by atoms with E-state index in [1.807, 2.05) is 6.92 Å². The fraction of sp³-hybridized carbons (Fsp3) is 0.250. The molecular formula is C16H16N2O6S. The first-order valence-electron chi connectivity index (χ1n) is 7.36. The van der Waals surface area contributed by atoms with Crippen LogP contribution in [0.15, 0.2) is 41.6 Å². The minimum Gasteiger partial charge on any atom is -0.460 e. The Balaban J connectivity index is 2.30. The minimum atomic E-state index is -4.05. The minimum absolute atomic E-state index is 0.00477. The predicted octanol–water partition coefficient (Wildman–Crippen LogP) is 1.13. The molecule has 2 rings (SSSR count). The van der Waals surface area contributed by atoms with E-state index in [-0.39, 0.29) is 11.5 Å². The summed E-state index contributed by atoms with van der Waals surface area (Å²) in [5.74, 6) is -3.54. The monoisotopic (exact) mass is 364 g/mol. The Morgan fingerprint density at radius 3 is 2.40 bits per heavy atom. The molecule has 0 radical (unpaired) electrons. The summed E-state index contributed by atoms with van der Waals surface area (Å²) >= 11 is 0. The SMILES string of the molecule is CCOC(=O)C(=O)CC(=O)c1nccn1S(=O)(=O)c1ccc(C)cc1. The third-order valence-corrected chi connectivity index (χ3v) is 4.94. The number of hydrogen-bond acceptors (Lipinski definition) is 7. The van der Waals surface area contributed by atoms with Gasteiger partial charge in [-0.15, -0.1) is 0 Å². The van der Waals surface area contributed by atoms with Crippen molar-refractivity contribution in [3.8, 4) is 0 Å². The number of ether oxygens (including phenoxy) is 1. The van der Waals surface area contributed by atoms with Crippen molar-refractivity contribution in [3.63, 3.8) is 0 Å². The molecule has 0 spiro atoms. The topological polar surface area (TPSA) is 112 Å². The molecular weight excluding hydrogens is 348 g/mol. The van der Waals surface area contributed by atoms with Gasteiger partial charge in [0.1, 0.15) is 0 Å². The van der Waals surface area contributed by atoms with E-state index in [1.54, 1.807) is 12.1 Å². The fourth-order valence-corrected chi connectivity index (χ4v) is 3.31. The third kappa shape index (κ3) is 4.00. The van der Waals surface area contributed by atoms with Gasteiger partial charge in [0.25, 0.3) is 10.0 Å². The fourth-order valence-electron chi connectivity index (χ4n) is 2.01. The van der Waals surface area contributed by atoms with Crippen LogP contribution in [0.1, 0.15) is 29.5 Å². The van der Waals surface area contributed by atoms with Crippen LogP contribution in [-0.2, 0) is 24.3 Å². The molecule has 8 nitrogen and oxygen atoms in total. The van der Waals surface area contributed by atoms with E-state index in [1.165, 1.54) is 19.1 Å². The summed E-state index contributed by atoms with van der Waals surface area (Å²) in [4.78, 5) is 38.8. The van der Waals surface area contributed by atoms with Crippen LogP contribution in [0.25, 0.3) is 0 Å². The quantitative estimate of drug-likeness (QED) is 0.313. The Morgan fingerprint density at radius 2 is 1.80 bits per heavy atom. The summed E-state index contributed by atoms with van der Waals surface area (Å²) in [6.45, 7) is 3.33. The number of esters is 1. The van der Waals surface area contributed by atoms with Gasteiger partial charge in [0.15, 0.2) is 5.82 Å². The van der Waals surface area contributed by atoms with Crippen LogP contribution >= 0.6 is 0 Å². The van der Waals surface area contributed by atoms with Gasteiger partial charge in [0.05, 0.1) is 17.9 Å². The molecule has 0 unspecified atom stereocenters. The molecule has 0 fully saturated rings. The Labute approximate surface area is 144 Å². The van der Waals surface area contributed by atoms with Gasteiger partial charge in [-0.2, -0.15) is 0 Å². The van der Waals surface area contributed by atoms with E-state index in [0.717, 1.165) is 18.0 Å². The number of hydrogen-bond donors (Lipinski definition) is 0. The first-order valence-corrected chi connectivity index (χ1v) is 8.80. The lowest BCUT2D eigenvalue weighted by atomic mass is 10.2. The van der Waals surface area contributed by atoms with Gasteiger partial charge in [-0.05, 0) is 26.0 Å². The van der Waals surface area contributed by atoms with Gasteiger partial charge < -0.3 is 4.74 Å². The summed E-state index contributed by atoms with van der Waals surface area (Å²) < 4.78 is 30.5. The van der Waals surface area contributed by atoms with Crippen LogP contribution in [0.3, 0.4) is 0 Å². The number of aryl methyl sites for hydroxylation is 1. The highest BCUT2D eigenvalue weighted by molar-refractivity contribution is 7.90. The summed E-state index contributed by atoms with van der Waals surface area (Å²) in [5.41, 5.74) is 0.876. The van der Waals surface area contributed by atoms with Gasteiger partial charge in [-0.1, -0.05) is 17.7 Å². The molecule has 9 heteroatoms. The number of imidazole rings is 1. The highest BCUT2D eigenvalue weighted by atomic mass is 32.2. The molecule has 0 saturated carbocycles. The molecule has 0 aliphatic carbocycles. The largest absolute Gasteiger partial charge is 0.460 e. The second-order valence-electron chi connectivity index (χ2n) is 5.11. The van der Waals surface area contributed by atoms with Crippen LogP contribution < -0.4 is 0 Å². The molecule has 1 aromatic carbocycles. The zero-order chi connectivity index (χ0) is 18.6. The molecule has 0 aliphatic rings. The third-order valence-electron chi connectivity index (χ3n) is 3.26. The van der Waals surface area contributed by atoms with E-state index in [2.05, 4.69) is 9.72 Å². The maximum atomic E-state index is 12.6. The van der Waals surface area contributed by atoms with Crippen molar-refractivity contribution in [2.45, 2.75) is 25.2 Å². The number of benzene rings is 1. The molecule has 0 N–H and O–H groups in total. The molecule has 25 heavy (non-hydrogen) atoms. The smallest absolute Gasteiger partial charge is 0.375 e. The van der Waals surface area contributed by atoms with Crippen molar-refractivity contribution >= 4 is 27.6 Å². The zero-order valence-electron chi connectivity index (χ0n) is 13.6. The molecule has 0 saturated heterocycles. The van der Waals surface area contributed by atoms with Crippen LogP contribution in [0, 0.1) is 6.92 Å². The number of Topliss-reactive ketones (excluding diaryl/α,β-unsaturated/α-hetero) is 2. The number of carbonyl (C=O) groups excluding carboxylic acids is 3. The molecule has 0 bridgehead atoms. The average molecular weight is 364 g/mol. The first kappa shape index (κ1) is 18.5. The standard InChI is InChI=1S/C16H16N2O6S/c1-3-24-16(21)14(20)10-13(19)15-17-8-9-18(15)25(22,23)12-6-4-11(2)5-7-12/h4-9H,3,10H2,1-2H3. The molecule has 1 aromatic heterocycles. The normalized spacial score (nSPS) is 11.1. The number of nitrogens with zero attached hydrogens (tertiary/aromatic N) is 2. The van der Waals surface area contributed by atoms with Crippen LogP contribution in [-0.4, -0.2) is 41.5 Å².